The second kappa shape index (κ2) is 5.50. The van der Waals surface area contributed by atoms with Crippen molar-refractivity contribution in [2.45, 2.75) is 20.4 Å². The van der Waals surface area contributed by atoms with Crippen molar-refractivity contribution < 1.29 is 4.74 Å². The number of rotatable bonds is 3. The van der Waals surface area contributed by atoms with Gasteiger partial charge in [0.25, 0.3) is 0 Å². The molecule has 1 aromatic carbocycles. The van der Waals surface area contributed by atoms with Crippen molar-refractivity contribution in [1.29, 1.82) is 0 Å². The molecule has 0 spiro atoms. The molecule has 0 bridgehead atoms. The second-order valence-corrected chi connectivity index (χ2v) is 5.09. The van der Waals surface area contributed by atoms with Crippen LogP contribution in [0.4, 0.5) is 0 Å². The number of nitrogens with two attached hydrogens (primary N) is 1. The van der Waals surface area contributed by atoms with E-state index in [4.69, 9.17) is 10.5 Å². The van der Waals surface area contributed by atoms with Gasteiger partial charge < -0.3 is 10.5 Å². The van der Waals surface area contributed by atoms with Crippen molar-refractivity contribution in [2.75, 3.05) is 0 Å². The van der Waals surface area contributed by atoms with Crippen LogP contribution in [-0.4, -0.2) is 4.98 Å². The summed E-state index contributed by atoms with van der Waals surface area (Å²) in [6, 6.07) is 9.71. The summed E-state index contributed by atoms with van der Waals surface area (Å²) in [6.07, 6.45) is 0. The van der Waals surface area contributed by atoms with Crippen LogP contribution in [0.15, 0.2) is 34.8 Å². The fourth-order valence-electron chi connectivity index (χ4n) is 1.72. The van der Waals surface area contributed by atoms with Crippen LogP contribution < -0.4 is 10.5 Å². The van der Waals surface area contributed by atoms with Crippen LogP contribution in [0, 0.1) is 13.8 Å². The Kier molecular flexibility index (Phi) is 3.99. The van der Waals surface area contributed by atoms with Crippen molar-refractivity contribution in [2.24, 2.45) is 5.73 Å². The van der Waals surface area contributed by atoms with E-state index >= 15 is 0 Å². The van der Waals surface area contributed by atoms with E-state index in [0.29, 0.717) is 12.4 Å². The van der Waals surface area contributed by atoms with Crippen LogP contribution in [0.3, 0.4) is 0 Å². The molecule has 1 aromatic heterocycles. The largest absolute Gasteiger partial charge is 0.439 e. The summed E-state index contributed by atoms with van der Waals surface area (Å²) >= 11 is 3.43. The van der Waals surface area contributed by atoms with E-state index in [1.165, 1.54) is 0 Å². The van der Waals surface area contributed by atoms with Crippen LogP contribution in [0.1, 0.15) is 16.8 Å². The van der Waals surface area contributed by atoms with E-state index in [0.717, 1.165) is 27.0 Å². The number of nitrogens with zero attached hydrogens (tertiary/aromatic N) is 1. The molecule has 0 saturated heterocycles. The summed E-state index contributed by atoms with van der Waals surface area (Å²) in [5.74, 6) is 1.39. The Hall–Kier alpha value is -1.39. The number of aryl methyl sites for hydroxylation is 2. The standard InChI is InChI=1S/C14H15BrN2O/c1-9-5-12(15)3-4-13(9)18-14-7-11(8-16)6-10(2)17-14/h3-7H,8,16H2,1-2H3. The van der Waals surface area contributed by atoms with E-state index < -0.39 is 0 Å². The van der Waals surface area contributed by atoms with Crippen molar-refractivity contribution in [1.82, 2.24) is 4.98 Å². The number of halogens is 1. The molecule has 0 amide bonds. The molecule has 0 unspecified atom stereocenters. The molecular weight excluding hydrogens is 292 g/mol. The maximum Gasteiger partial charge on any atom is 0.219 e. The first-order chi connectivity index (χ1) is 8.58. The Labute approximate surface area is 115 Å². The number of hydrogen-bond donors (Lipinski definition) is 1. The van der Waals surface area contributed by atoms with Crippen molar-refractivity contribution in [3.05, 3.63) is 51.6 Å². The van der Waals surface area contributed by atoms with Gasteiger partial charge in [-0.1, -0.05) is 15.9 Å². The smallest absolute Gasteiger partial charge is 0.219 e. The number of aromatic nitrogens is 1. The molecule has 2 N–H and O–H groups in total. The second-order valence-electron chi connectivity index (χ2n) is 4.17. The Morgan fingerprint density at radius 1 is 1.22 bits per heavy atom. The lowest BCUT2D eigenvalue weighted by Crippen LogP contribution is -1.99. The molecule has 0 aliphatic heterocycles. The van der Waals surface area contributed by atoms with Gasteiger partial charge in [-0.3, -0.25) is 0 Å². The first-order valence-corrected chi connectivity index (χ1v) is 6.49. The van der Waals surface area contributed by atoms with Gasteiger partial charge in [-0.25, -0.2) is 4.98 Å². The van der Waals surface area contributed by atoms with Gasteiger partial charge in [0.2, 0.25) is 5.88 Å². The normalized spacial score (nSPS) is 10.4. The Balaban J connectivity index is 2.30. The summed E-state index contributed by atoms with van der Waals surface area (Å²) in [7, 11) is 0. The first kappa shape index (κ1) is 13.1. The minimum atomic E-state index is 0.485. The predicted octanol–water partition coefficient (Wildman–Crippen LogP) is 3.71. The number of benzene rings is 1. The Morgan fingerprint density at radius 3 is 2.67 bits per heavy atom. The fraction of sp³-hybridized carbons (Fsp3) is 0.214. The molecule has 0 saturated carbocycles. The van der Waals surface area contributed by atoms with Gasteiger partial charge in [0, 0.05) is 22.8 Å². The summed E-state index contributed by atoms with van der Waals surface area (Å²) < 4.78 is 6.83. The van der Waals surface area contributed by atoms with Gasteiger partial charge >= 0.3 is 0 Å². The molecule has 3 nitrogen and oxygen atoms in total. The van der Waals surface area contributed by atoms with E-state index in [1.807, 2.05) is 44.2 Å². The Bertz CT molecular complexity index is 570. The molecule has 0 fully saturated rings. The van der Waals surface area contributed by atoms with Crippen molar-refractivity contribution in [3.8, 4) is 11.6 Å². The average Bonchev–Trinajstić information content (AvgIpc) is 2.32. The molecule has 0 atom stereocenters. The highest BCUT2D eigenvalue weighted by Gasteiger charge is 2.05. The zero-order valence-corrected chi connectivity index (χ0v) is 12.0. The van der Waals surface area contributed by atoms with E-state index in [2.05, 4.69) is 20.9 Å². The lowest BCUT2D eigenvalue weighted by Gasteiger charge is -2.10. The molecule has 2 rings (SSSR count). The molecule has 0 aliphatic carbocycles. The minimum Gasteiger partial charge on any atom is -0.439 e. The van der Waals surface area contributed by atoms with Crippen LogP contribution in [0.2, 0.25) is 0 Å². The highest BCUT2D eigenvalue weighted by atomic mass is 79.9. The molecule has 4 heteroatoms. The van der Waals surface area contributed by atoms with Crippen LogP contribution in [0.25, 0.3) is 0 Å². The van der Waals surface area contributed by atoms with Crippen LogP contribution >= 0.6 is 15.9 Å². The van der Waals surface area contributed by atoms with E-state index in [1.54, 1.807) is 0 Å². The minimum absolute atomic E-state index is 0.485. The number of ether oxygens (including phenoxy) is 1. The molecule has 2 aromatic rings. The first-order valence-electron chi connectivity index (χ1n) is 5.70. The lowest BCUT2D eigenvalue weighted by molar-refractivity contribution is 0.457. The predicted molar refractivity (Wildman–Crippen MR) is 75.8 cm³/mol. The van der Waals surface area contributed by atoms with Gasteiger partial charge in [0.15, 0.2) is 0 Å². The third kappa shape index (κ3) is 3.09. The highest BCUT2D eigenvalue weighted by Crippen LogP contribution is 2.27. The maximum absolute atomic E-state index is 5.80. The van der Waals surface area contributed by atoms with E-state index in [-0.39, 0.29) is 0 Å². The molecule has 94 valence electrons. The summed E-state index contributed by atoms with van der Waals surface area (Å²) in [5, 5.41) is 0. The molecule has 1 heterocycles. The zero-order chi connectivity index (χ0) is 13.1. The van der Waals surface area contributed by atoms with Crippen molar-refractivity contribution >= 4 is 15.9 Å². The topological polar surface area (TPSA) is 48.1 Å². The number of pyridine rings is 1. The summed E-state index contributed by atoms with van der Waals surface area (Å²) in [5.41, 5.74) is 8.62. The summed E-state index contributed by atoms with van der Waals surface area (Å²) in [4.78, 5) is 4.35. The van der Waals surface area contributed by atoms with E-state index in [9.17, 15) is 0 Å². The molecule has 0 radical (unpaired) electrons. The lowest BCUT2D eigenvalue weighted by atomic mass is 10.2. The quantitative estimate of drug-likeness (QED) is 0.940. The van der Waals surface area contributed by atoms with Gasteiger partial charge in [0.05, 0.1) is 0 Å². The average molecular weight is 307 g/mol. The fourth-order valence-corrected chi connectivity index (χ4v) is 2.19. The zero-order valence-electron chi connectivity index (χ0n) is 10.4. The third-order valence-corrected chi connectivity index (χ3v) is 3.07. The van der Waals surface area contributed by atoms with Gasteiger partial charge in [-0.15, -0.1) is 0 Å². The molecule has 0 aliphatic rings. The number of hydrogen-bond acceptors (Lipinski definition) is 3. The van der Waals surface area contributed by atoms with Gasteiger partial charge in [0.1, 0.15) is 5.75 Å². The summed E-state index contributed by atoms with van der Waals surface area (Å²) in [6.45, 7) is 4.42. The van der Waals surface area contributed by atoms with Gasteiger partial charge in [-0.05, 0) is 49.2 Å². The third-order valence-electron chi connectivity index (χ3n) is 2.58. The Morgan fingerprint density at radius 2 is 2.00 bits per heavy atom. The highest BCUT2D eigenvalue weighted by molar-refractivity contribution is 9.10. The van der Waals surface area contributed by atoms with Crippen LogP contribution in [-0.2, 0) is 6.54 Å². The van der Waals surface area contributed by atoms with Crippen molar-refractivity contribution in [3.63, 3.8) is 0 Å². The van der Waals surface area contributed by atoms with Gasteiger partial charge in [-0.2, -0.15) is 0 Å². The van der Waals surface area contributed by atoms with Crippen LogP contribution in [0.5, 0.6) is 11.6 Å². The SMILES string of the molecule is Cc1cc(CN)cc(Oc2ccc(Br)cc2C)n1. The monoisotopic (exact) mass is 306 g/mol. The molecular formula is C14H15BrN2O. The molecule has 18 heavy (non-hydrogen) atoms. The maximum atomic E-state index is 5.80.